The Kier molecular flexibility index (Phi) is 9.67. The van der Waals surface area contributed by atoms with Crippen LogP contribution < -0.4 is 9.47 Å². The molecule has 0 atom stereocenters. The van der Waals surface area contributed by atoms with Crippen LogP contribution >= 0.6 is 0 Å². The lowest BCUT2D eigenvalue weighted by Gasteiger charge is -2.34. The maximum absolute atomic E-state index is 12.4. The van der Waals surface area contributed by atoms with Crippen LogP contribution in [0.3, 0.4) is 0 Å². The molecule has 0 aromatic heterocycles. The number of hydrogen-bond donors (Lipinski definition) is 0. The van der Waals surface area contributed by atoms with Crippen LogP contribution in [-0.2, 0) is 41.5 Å². The zero-order valence-electron chi connectivity index (χ0n) is 20.4. The van der Waals surface area contributed by atoms with Gasteiger partial charge in [-0.2, -0.15) is 0 Å². The number of carbonyl (C=O) groups is 4. The molecule has 2 amide bonds. The third kappa shape index (κ3) is 8.00. The van der Waals surface area contributed by atoms with Gasteiger partial charge in [0.25, 0.3) is 11.8 Å². The molecule has 1 aliphatic heterocycles. The second-order valence-electron chi connectivity index (χ2n) is 8.13. The maximum atomic E-state index is 12.4. The van der Waals surface area contributed by atoms with Crippen LogP contribution in [0.5, 0.6) is 11.5 Å². The quantitative estimate of drug-likeness (QED) is 0.450. The number of amides is 2. The van der Waals surface area contributed by atoms with E-state index in [4.69, 9.17) is 18.9 Å². The monoisotopic (exact) mass is 498 g/mol. The summed E-state index contributed by atoms with van der Waals surface area (Å²) in [6.45, 7) is 0.513. The largest absolute Gasteiger partial charge is 0.497 e. The first kappa shape index (κ1) is 26.5. The minimum atomic E-state index is -0.501. The molecule has 192 valence electrons. The Bertz CT molecular complexity index is 959. The predicted molar refractivity (Wildman–Crippen MR) is 128 cm³/mol. The van der Waals surface area contributed by atoms with Crippen molar-refractivity contribution in [3.05, 3.63) is 59.7 Å². The van der Waals surface area contributed by atoms with Crippen molar-refractivity contribution in [1.82, 2.24) is 9.80 Å². The Morgan fingerprint density at radius 2 is 0.944 bits per heavy atom. The van der Waals surface area contributed by atoms with Gasteiger partial charge in [0.2, 0.25) is 0 Å². The van der Waals surface area contributed by atoms with Gasteiger partial charge in [-0.15, -0.1) is 0 Å². The van der Waals surface area contributed by atoms with E-state index >= 15 is 0 Å². The molecule has 36 heavy (non-hydrogen) atoms. The van der Waals surface area contributed by atoms with Gasteiger partial charge < -0.3 is 28.7 Å². The fourth-order valence-electron chi connectivity index (χ4n) is 3.59. The van der Waals surface area contributed by atoms with Crippen molar-refractivity contribution in [2.45, 2.75) is 12.8 Å². The second kappa shape index (κ2) is 13.1. The molecular weight excluding hydrogens is 468 g/mol. The molecule has 1 fully saturated rings. The lowest BCUT2D eigenvalue weighted by atomic mass is 10.1. The first-order valence-electron chi connectivity index (χ1n) is 11.5. The van der Waals surface area contributed by atoms with Crippen molar-refractivity contribution in [2.75, 3.05) is 53.6 Å². The Morgan fingerprint density at radius 3 is 1.25 bits per heavy atom. The number of carbonyl (C=O) groups excluding carboxylic acids is 4. The smallest absolute Gasteiger partial charge is 0.310 e. The van der Waals surface area contributed by atoms with Crippen molar-refractivity contribution in [2.24, 2.45) is 0 Å². The van der Waals surface area contributed by atoms with Crippen molar-refractivity contribution in [3.8, 4) is 11.5 Å². The van der Waals surface area contributed by atoms with Gasteiger partial charge in [-0.05, 0) is 35.4 Å². The number of piperazine rings is 1. The lowest BCUT2D eigenvalue weighted by molar-refractivity contribution is -0.155. The van der Waals surface area contributed by atoms with Gasteiger partial charge in [0.05, 0.1) is 27.1 Å². The van der Waals surface area contributed by atoms with Crippen LogP contribution in [0.1, 0.15) is 11.1 Å². The van der Waals surface area contributed by atoms with E-state index in [9.17, 15) is 19.2 Å². The molecule has 3 rings (SSSR count). The highest BCUT2D eigenvalue weighted by atomic mass is 16.5. The summed E-state index contributed by atoms with van der Waals surface area (Å²) in [5, 5.41) is 0. The number of rotatable bonds is 10. The number of methoxy groups -OCH3 is 2. The zero-order valence-corrected chi connectivity index (χ0v) is 20.4. The minimum Gasteiger partial charge on any atom is -0.497 e. The summed E-state index contributed by atoms with van der Waals surface area (Å²) in [6.07, 6.45) is 0.105. The summed E-state index contributed by atoms with van der Waals surface area (Å²) < 4.78 is 20.4. The van der Waals surface area contributed by atoms with Gasteiger partial charge in [0.1, 0.15) is 11.5 Å². The first-order valence-corrected chi connectivity index (χ1v) is 11.5. The van der Waals surface area contributed by atoms with Crippen LogP contribution in [0.15, 0.2) is 48.5 Å². The predicted octanol–water partition coefficient (Wildman–Crippen LogP) is 1.25. The average Bonchev–Trinajstić information content (AvgIpc) is 2.91. The first-order chi connectivity index (χ1) is 17.4. The fraction of sp³-hybridized carbons (Fsp3) is 0.385. The maximum Gasteiger partial charge on any atom is 0.310 e. The van der Waals surface area contributed by atoms with Crippen LogP contribution in [0.25, 0.3) is 0 Å². The van der Waals surface area contributed by atoms with Gasteiger partial charge in [-0.3, -0.25) is 19.2 Å². The van der Waals surface area contributed by atoms with E-state index in [2.05, 4.69) is 0 Å². The lowest BCUT2D eigenvalue weighted by Crippen LogP contribution is -2.52. The van der Waals surface area contributed by atoms with Gasteiger partial charge in [-0.1, -0.05) is 24.3 Å². The van der Waals surface area contributed by atoms with Gasteiger partial charge >= 0.3 is 11.9 Å². The molecule has 0 unspecified atom stereocenters. The Hall–Kier alpha value is -4.08. The molecule has 2 aromatic rings. The van der Waals surface area contributed by atoms with Crippen molar-refractivity contribution in [3.63, 3.8) is 0 Å². The Labute approximate surface area is 209 Å². The van der Waals surface area contributed by atoms with E-state index in [0.29, 0.717) is 37.7 Å². The van der Waals surface area contributed by atoms with E-state index in [1.807, 2.05) is 0 Å². The highest BCUT2D eigenvalue weighted by molar-refractivity contribution is 5.83. The fourth-order valence-corrected chi connectivity index (χ4v) is 3.59. The number of ether oxygens (including phenoxy) is 4. The van der Waals surface area contributed by atoms with E-state index < -0.39 is 11.9 Å². The molecule has 0 radical (unpaired) electrons. The normalized spacial score (nSPS) is 13.1. The molecule has 0 spiro atoms. The van der Waals surface area contributed by atoms with Gasteiger partial charge in [0.15, 0.2) is 13.2 Å². The van der Waals surface area contributed by atoms with Crippen molar-refractivity contribution in [1.29, 1.82) is 0 Å². The van der Waals surface area contributed by atoms with E-state index in [-0.39, 0.29) is 37.9 Å². The molecule has 1 saturated heterocycles. The number of benzene rings is 2. The molecule has 0 bridgehead atoms. The third-order valence-corrected chi connectivity index (χ3v) is 5.71. The van der Waals surface area contributed by atoms with Crippen LogP contribution in [0.2, 0.25) is 0 Å². The van der Waals surface area contributed by atoms with Crippen LogP contribution in [0, 0.1) is 0 Å². The Morgan fingerprint density at radius 1 is 0.611 bits per heavy atom. The summed E-state index contributed by atoms with van der Waals surface area (Å²) in [6, 6.07) is 14.0. The summed E-state index contributed by atoms with van der Waals surface area (Å²) in [5.41, 5.74) is 1.51. The minimum absolute atomic E-state index is 0.0523. The molecular formula is C26H30N2O8. The van der Waals surface area contributed by atoms with E-state index in [1.54, 1.807) is 72.6 Å². The van der Waals surface area contributed by atoms with Crippen LogP contribution in [0.4, 0.5) is 0 Å². The highest BCUT2D eigenvalue weighted by Gasteiger charge is 2.25. The molecule has 1 aliphatic rings. The van der Waals surface area contributed by atoms with Gasteiger partial charge in [-0.25, -0.2) is 0 Å². The standard InChI is InChI=1S/C26H30N2O8/c1-33-21-7-3-19(4-8-21)15-25(31)35-17-23(29)27-11-13-28(14-12-27)24(30)18-36-26(32)16-20-5-9-22(34-2)10-6-20/h3-10H,11-18H2,1-2H3. The molecule has 0 aliphatic carbocycles. The summed E-state index contributed by atoms with van der Waals surface area (Å²) in [5.74, 6) is -0.275. The molecule has 1 heterocycles. The third-order valence-electron chi connectivity index (χ3n) is 5.71. The zero-order chi connectivity index (χ0) is 25.9. The number of hydrogen-bond acceptors (Lipinski definition) is 8. The number of nitrogens with zero attached hydrogens (tertiary/aromatic N) is 2. The average molecular weight is 499 g/mol. The molecule has 10 nitrogen and oxygen atoms in total. The number of esters is 2. The topological polar surface area (TPSA) is 112 Å². The van der Waals surface area contributed by atoms with Crippen molar-refractivity contribution >= 4 is 23.8 Å². The van der Waals surface area contributed by atoms with Gasteiger partial charge in [0, 0.05) is 26.2 Å². The molecule has 0 saturated carbocycles. The SMILES string of the molecule is COc1ccc(CC(=O)OCC(=O)N2CCN(C(=O)COC(=O)Cc3ccc(OC)cc3)CC2)cc1. The van der Waals surface area contributed by atoms with E-state index in [0.717, 1.165) is 11.1 Å². The summed E-state index contributed by atoms with van der Waals surface area (Å²) >= 11 is 0. The van der Waals surface area contributed by atoms with Crippen LogP contribution in [-0.4, -0.2) is 87.2 Å². The van der Waals surface area contributed by atoms with E-state index in [1.165, 1.54) is 0 Å². The molecule has 2 aromatic carbocycles. The summed E-state index contributed by atoms with van der Waals surface area (Å²) in [7, 11) is 3.12. The molecule has 10 heteroatoms. The Balaban J connectivity index is 1.33. The summed E-state index contributed by atoms with van der Waals surface area (Å²) in [4.78, 5) is 52.0. The van der Waals surface area contributed by atoms with Crippen molar-refractivity contribution < 1.29 is 38.1 Å². The second-order valence-corrected chi connectivity index (χ2v) is 8.13. The highest BCUT2D eigenvalue weighted by Crippen LogP contribution is 2.13. The molecule has 0 N–H and O–H groups in total.